The predicted molar refractivity (Wildman–Crippen MR) is 108 cm³/mol. The number of rotatable bonds is 3. The molecule has 2 unspecified atom stereocenters. The van der Waals surface area contributed by atoms with Crippen LogP contribution in [0.25, 0.3) is 10.8 Å². The molecule has 24 heavy (non-hydrogen) atoms. The Morgan fingerprint density at radius 1 is 1.21 bits per heavy atom. The van der Waals surface area contributed by atoms with E-state index in [0.717, 1.165) is 22.8 Å². The Kier molecular flexibility index (Phi) is 6.19. The SMILES string of the molecule is C=C1CSCC(Sc2ccc3ccccc3c2)CSC1OC(C)=O. The molecule has 0 saturated carbocycles. The number of ether oxygens (including phenoxy) is 1. The first kappa shape index (κ1) is 17.8. The molecule has 1 heterocycles. The molecular formula is C19H20O2S3. The Hall–Kier alpha value is -1.04. The fourth-order valence-electron chi connectivity index (χ4n) is 2.52. The normalized spacial score (nSPS) is 22.0. The molecule has 2 aromatic rings. The molecule has 0 radical (unpaired) electrons. The van der Waals surface area contributed by atoms with Crippen LogP contribution >= 0.6 is 35.3 Å². The molecule has 0 N–H and O–H groups in total. The zero-order chi connectivity index (χ0) is 16.9. The summed E-state index contributed by atoms with van der Waals surface area (Å²) >= 11 is 5.47. The average molecular weight is 377 g/mol. The van der Waals surface area contributed by atoms with Crippen LogP contribution in [0, 0.1) is 0 Å². The number of carbonyl (C=O) groups is 1. The topological polar surface area (TPSA) is 26.3 Å². The molecule has 126 valence electrons. The highest BCUT2D eigenvalue weighted by Crippen LogP contribution is 2.35. The third-order valence-electron chi connectivity index (χ3n) is 3.65. The van der Waals surface area contributed by atoms with Crippen molar-refractivity contribution < 1.29 is 9.53 Å². The Balaban J connectivity index is 1.67. The van der Waals surface area contributed by atoms with Crippen molar-refractivity contribution >= 4 is 52.0 Å². The molecule has 0 amide bonds. The first-order chi connectivity index (χ1) is 11.6. The summed E-state index contributed by atoms with van der Waals surface area (Å²) in [6.07, 6.45) is 0. The van der Waals surface area contributed by atoms with Crippen LogP contribution in [-0.2, 0) is 9.53 Å². The highest BCUT2D eigenvalue weighted by molar-refractivity contribution is 8.06. The molecule has 2 aromatic carbocycles. The second kappa shape index (κ2) is 8.37. The molecule has 0 aromatic heterocycles. The van der Waals surface area contributed by atoms with Crippen LogP contribution in [0.5, 0.6) is 0 Å². The second-order valence-electron chi connectivity index (χ2n) is 5.70. The van der Waals surface area contributed by atoms with Crippen LogP contribution in [0.2, 0.25) is 0 Å². The number of esters is 1. The maximum Gasteiger partial charge on any atom is 0.304 e. The molecule has 1 saturated heterocycles. The minimum absolute atomic E-state index is 0.213. The van der Waals surface area contributed by atoms with Crippen LogP contribution in [0.1, 0.15) is 6.92 Å². The van der Waals surface area contributed by atoms with E-state index in [1.807, 2.05) is 23.5 Å². The van der Waals surface area contributed by atoms with Crippen LogP contribution in [0.3, 0.4) is 0 Å². The Labute approximate surface area is 155 Å². The van der Waals surface area contributed by atoms with Gasteiger partial charge < -0.3 is 4.74 Å². The van der Waals surface area contributed by atoms with E-state index >= 15 is 0 Å². The molecule has 3 rings (SSSR count). The average Bonchev–Trinajstić information content (AvgIpc) is 2.56. The lowest BCUT2D eigenvalue weighted by atomic mass is 10.1. The monoisotopic (exact) mass is 376 g/mol. The van der Waals surface area contributed by atoms with Gasteiger partial charge in [-0.3, -0.25) is 4.79 Å². The van der Waals surface area contributed by atoms with Crippen molar-refractivity contribution in [3.63, 3.8) is 0 Å². The Morgan fingerprint density at radius 3 is 2.79 bits per heavy atom. The summed E-state index contributed by atoms with van der Waals surface area (Å²) in [6, 6.07) is 15.1. The van der Waals surface area contributed by atoms with Gasteiger partial charge in [-0.15, -0.1) is 23.5 Å². The lowest BCUT2D eigenvalue weighted by molar-refractivity contribution is -0.141. The van der Waals surface area contributed by atoms with Crippen LogP contribution in [0.4, 0.5) is 0 Å². The summed E-state index contributed by atoms with van der Waals surface area (Å²) in [5.41, 5.74) is 0.782. The molecule has 1 fully saturated rings. The standard InChI is InChI=1S/C19H20O2S3/c1-13-10-22-11-18(12-23-19(13)21-14(2)20)24-17-8-7-15-5-3-4-6-16(15)9-17/h3-9,18-19H,1,10-12H2,2H3. The first-order valence-electron chi connectivity index (χ1n) is 7.81. The van der Waals surface area contributed by atoms with Crippen LogP contribution < -0.4 is 0 Å². The van der Waals surface area contributed by atoms with Crippen molar-refractivity contribution in [2.24, 2.45) is 0 Å². The van der Waals surface area contributed by atoms with E-state index in [1.165, 1.54) is 22.6 Å². The van der Waals surface area contributed by atoms with Crippen molar-refractivity contribution in [1.29, 1.82) is 0 Å². The third-order valence-corrected chi connectivity index (χ3v) is 7.81. The minimum Gasteiger partial charge on any atom is -0.447 e. The van der Waals surface area contributed by atoms with Gasteiger partial charge in [0.1, 0.15) is 0 Å². The van der Waals surface area contributed by atoms with Crippen molar-refractivity contribution in [2.75, 3.05) is 17.3 Å². The number of fused-ring (bicyclic) bond motifs is 1. The summed E-state index contributed by atoms with van der Waals surface area (Å²) in [5.74, 6) is 2.63. The van der Waals surface area contributed by atoms with E-state index in [-0.39, 0.29) is 11.4 Å². The van der Waals surface area contributed by atoms with E-state index in [2.05, 4.69) is 49.0 Å². The summed E-state index contributed by atoms with van der Waals surface area (Å²) < 4.78 is 5.40. The first-order valence-corrected chi connectivity index (χ1v) is 10.9. The van der Waals surface area contributed by atoms with Gasteiger partial charge in [0, 0.05) is 34.3 Å². The molecule has 0 bridgehead atoms. The highest BCUT2D eigenvalue weighted by Gasteiger charge is 2.23. The molecule has 2 atom stereocenters. The minimum atomic E-state index is -0.238. The second-order valence-corrected chi connectivity index (χ2v) is 9.20. The fourth-order valence-corrected chi connectivity index (χ4v) is 6.51. The largest absolute Gasteiger partial charge is 0.447 e. The smallest absolute Gasteiger partial charge is 0.304 e. The molecule has 5 heteroatoms. The summed E-state index contributed by atoms with van der Waals surface area (Å²) in [4.78, 5) is 12.6. The van der Waals surface area contributed by atoms with Gasteiger partial charge in [-0.05, 0) is 28.5 Å². The van der Waals surface area contributed by atoms with E-state index in [4.69, 9.17) is 4.74 Å². The zero-order valence-electron chi connectivity index (χ0n) is 13.6. The van der Waals surface area contributed by atoms with Gasteiger partial charge in [-0.25, -0.2) is 0 Å². The Bertz CT molecular complexity index is 744. The van der Waals surface area contributed by atoms with Gasteiger partial charge >= 0.3 is 5.97 Å². The lowest BCUT2D eigenvalue weighted by Crippen LogP contribution is -2.23. The third kappa shape index (κ3) is 4.74. The Morgan fingerprint density at radius 2 is 2.00 bits per heavy atom. The summed E-state index contributed by atoms with van der Waals surface area (Å²) in [6.45, 7) is 5.53. The molecule has 2 nitrogen and oxygen atoms in total. The van der Waals surface area contributed by atoms with E-state index in [1.54, 1.807) is 11.8 Å². The van der Waals surface area contributed by atoms with E-state index < -0.39 is 0 Å². The van der Waals surface area contributed by atoms with Crippen LogP contribution in [0.15, 0.2) is 59.5 Å². The number of hydrogen-bond acceptors (Lipinski definition) is 5. The van der Waals surface area contributed by atoms with Crippen molar-refractivity contribution in [3.05, 3.63) is 54.6 Å². The molecule has 0 aliphatic carbocycles. The number of carbonyl (C=O) groups excluding carboxylic acids is 1. The highest BCUT2D eigenvalue weighted by atomic mass is 32.2. The van der Waals surface area contributed by atoms with Crippen LogP contribution in [-0.4, -0.2) is 33.9 Å². The molecule has 1 aliphatic heterocycles. The summed E-state index contributed by atoms with van der Waals surface area (Å²) in [5, 5.41) is 3.04. The molecule has 0 spiro atoms. The van der Waals surface area contributed by atoms with Gasteiger partial charge in [-0.1, -0.05) is 36.9 Å². The van der Waals surface area contributed by atoms with E-state index in [9.17, 15) is 4.79 Å². The molecule has 1 aliphatic rings. The van der Waals surface area contributed by atoms with Crippen molar-refractivity contribution in [2.45, 2.75) is 22.5 Å². The molecular weight excluding hydrogens is 356 g/mol. The predicted octanol–water partition coefficient (Wildman–Crippen LogP) is 5.23. The van der Waals surface area contributed by atoms with Gasteiger partial charge in [0.2, 0.25) is 0 Å². The lowest BCUT2D eigenvalue weighted by Gasteiger charge is -2.25. The quantitative estimate of drug-likeness (QED) is 0.540. The maximum atomic E-state index is 11.3. The number of thioether (sulfide) groups is 3. The number of hydrogen-bond donors (Lipinski definition) is 0. The van der Waals surface area contributed by atoms with Gasteiger partial charge in [0.05, 0.1) is 0 Å². The van der Waals surface area contributed by atoms with Gasteiger partial charge in [0.25, 0.3) is 0 Å². The number of benzene rings is 2. The van der Waals surface area contributed by atoms with Gasteiger partial charge in [0.15, 0.2) is 5.44 Å². The van der Waals surface area contributed by atoms with Crippen molar-refractivity contribution in [1.82, 2.24) is 0 Å². The fraction of sp³-hybridized carbons (Fsp3) is 0.316. The zero-order valence-corrected chi connectivity index (χ0v) is 16.0. The van der Waals surface area contributed by atoms with Crippen molar-refractivity contribution in [3.8, 4) is 0 Å². The van der Waals surface area contributed by atoms with E-state index in [0.29, 0.717) is 5.25 Å². The summed E-state index contributed by atoms with van der Waals surface area (Å²) in [7, 11) is 0. The van der Waals surface area contributed by atoms with Gasteiger partial charge in [-0.2, -0.15) is 11.8 Å². The maximum absolute atomic E-state index is 11.3.